The van der Waals surface area contributed by atoms with Crippen LogP contribution in [-0.4, -0.2) is 41.2 Å². The lowest BCUT2D eigenvalue weighted by Gasteiger charge is -2.33. The molecule has 0 aromatic heterocycles. The first-order valence-electron chi connectivity index (χ1n) is 10.7. The van der Waals surface area contributed by atoms with Crippen LogP contribution in [0.1, 0.15) is 45.2 Å². The summed E-state index contributed by atoms with van der Waals surface area (Å²) in [6.07, 6.45) is 0.482. The summed E-state index contributed by atoms with van der Waals surface area (Å²) in [5.74, 6) is 0.599. The average molecular weight is 461 g/mol. The van der Waals surface area contributed by atoms with Crippen molar-refractivity contribution in [3.8, 4) is 5.75 Å². The summed E-state index contributed by atoms with van der Waals surface area (Å²) in [6.45, 7) is 7.92. The number of carbonyl (C=O) groups is 2. The fourth-order valence-corrected chi connectivity index (χ4v) is 4.18. The third-order valence-corrected chi connectivity index (χ3v) is 5.78. The van der Waals surface area contributed by atoms with Crippen LogP contribution in [0.3, 0.4) is 0 Å². The molecule has 32 heavy (non-hydrogen) atoms. The van der Waals surface area contributed by atoms with Gasteiger partial charge in [-0.25, -0.2) is 4.39 Å². The van der Waals surface area contributed by atoms with E-state index in [1.807, 2.05) is 52.0 Å². The molecule has 2 rings (SSSR count). The Morgan fingerprint density at radius 1 is 1.16 bits per heavy atom. The second-order valence-electron chi connectivity index (χ2n) is 8.62. The van der Waals surface area contributed by atoms with E-state index in [0.717, 1.165) is 5.56 Å². The Kier molecular flexibility index (Phi) is 9.57. The van der Waals surface area contributed by atoms with E-state index in [0.29, 0.717) is 23.5 Å². The third-order valence-electron chi connectivity index (χ3n) is 4.81. The van der Waals surface area contributed by atoms with Crippen LogP contribution in [0.15, 0.2) is 48.5 Å². The van der Waals surface area contributed by atoms with Crippen molar-refractivity contribution >= 4 is 23.6 Å². The molecule has 0 radical (unpaired) electrons. The van der Waals surface area contributed by atoms with Gasteiger partial charge < -0.3 is 15.0 Å². The van der Waals surface area contributed by atoms with Crippen molar-refractivity contribution in [3.05, 3.63) is 65.5 Å². The molecule has 0 unspecified atom stereocenters. The second-order valence-corrected chi connectivity index (χ2v) is 9.61. The standard InChI is InChI=1S/C25H33FN2O3S/c1-6-22(24(30)27-25(2,3)4)28(15-18-10-9-12-20(14-18)31-5)23(29)17-32-16-19-11-7-8-13-21(19)26/h7-14,22H,6,15-17H2,1-5H3,(H,27,30)/t22-/m0/s1. The lowest BCUT2D eigenvalue weighted by atomic mass is 10.1. The van der Waals surface area contributed by atoms with E-state index in [1.165, 1.54) is 17.8 Å². The normalized spacial score (nSPS) is 12.2. The average Bonchev–Trinajstić information content (AvgIpc) is 2.73. The summed E-state index contributed by atoms with van der Waals surface area (Å²) in [4.78, 5) is 27.9. The Balaban J connectivity index is 2.19. The smallest absolute Gasteiger partial charge is 0.243 e. The van der Waals surface area contributed by atoms with Crippen LogP contribution in [0.25, 0.3) is 0 Å². The van der Waals surface area contributed by atoms with Gasteiger partial charge in [0, 0.05) is 17.8 Å². The number of nitrogens with zero attached hydrogens (tertiary/aromatic N) is 1. The zero-order chi connectivity index (χ0) is 23.7. The maximum absolute atomic E-state index is 13.9. The van der Waals surface area contributed by atoms with Crippen LogP contribution < -0.4 is 10.1 Å². The molecule has 0 saturated carbocycles. The zero-order valence-electron chi connectivity index (χ0n) is 19.5. The molecule has 0 heterocycles. The number of methoxy groups -OCH3 is 1. The van der Waals surface area contributed by atoms with Crippen molar-refractivity contribution in [1.29, 1.82) is 0 Å². The predicted octanol–water partition coefficient (Wildman–Crippen LogP) is 4.79. The summed E-state index contributed by atoms with van der Waals surface area (Å²) < 4.78 is 19.2. The lowest BCUT2D eigenvalue weighted by Crippen LogP contribution is -2.53. The molecule has 2 amide bonds. The monoisotopic (exact) mass is 460 g/mol. The van der Waals surface area contributed by atoms with Crippen LogP contribution in [0.2, 0.25) is 0 Å². The Hall–Kier alpha value is -2.54. The Morgan fingerprint density at radius 3 is 2.50 bits per heavy atom. The van der Waals surface area contributed by atoms with E-state index in [9.17, 15) is 14.0 Å². The van der Waals surface area contributed by atoms with Crippen LogP contribution in [0, 0.1) is 5.82 Å². The van der Waals surface area contributed by atoms with Crippen LogP contribution >= 0.6 is 11.8 Å². The molecule has 2 aromatic rings. The van der Waals surface area contributed by atoms with Gasteiger partial charge in [0.25, 0.3) is 0 Å². The quantitative estimate of drug-likeness (QED) is 0.554. The van der Waals surface area contributed by atoms with Gasteiger partial charge in [-0.2, -0.15) is 0 Å². The van der Waals surface area contributed by atoms with Gasteiger partial charge in [0.2, 0.25) is 11.8 Å². The molecule has 2 aromatic carbocycles. The fraction of sp³-hybridized carbons (Fsp3) is 0.440. The molecule has 0 fully saturated rings. The molecule has 0 aliphatic carbocycles. The van der Waals surface area contributed by atoms with E-state index in [1.54, 1.807) is 30.2 Å². The lowest BCUT2D eigenvalue weighted by molar-refractivity contribution is -0.140. The van der Waals surface area contributed by atoms with Gasteiger partial charge in [-0.3, -0.25) is 9.59 Å². The number of benzene rings is 2. The maximum atomic E-state index is 13.9. The number of amides is 2. The summed E-state index contributed by atoms with van der Waals surface area (Å²) in [5, 5.41) is 2.99. The van der Waals surface area contributed by atoms with Crippen molar-refractivity contribution < 1.29 is 18.7 Å². The third kappa shape index (κ3) is 7.86. The molecule has 1 atom stereocenters. The van der Waals surface area contributed by atoms with Gasteiger partial charge in [0.05, 0.1) is 12.9 Å². The number of thioether (sulfide) groups is 1. The highest BCUT2D eigenvalue weighted by Crippen LogP contribution is 2.21. The number of hydrogen-bond donors (Lipinski definition) is 1. The maximum Gasteiger partial charge on any atom is 0.243 e. The van der Waals surface area contributed by atoms with E-state index < -0.39 is 11.6 Å². The van der Waals surface area contributed by atoms with Gasteiger partial charge >= 0.3 is 0 Å². The molecule has 5 nitrogen and oxygen atoms in total. The van der Waals surface area contributed by atoms with Crippen LogP contribution in [0.4, 0.5) is 4.39 Å². The van der Waals surface area contributed by atoms with Gasteiger partial charge in [0.1, 0.15) is 17.6 Å². The van der Waals surface area contributed by atoms with Gasteiger partial charge in [0.15, 0.2) is 0 Å². The minimum atomic E-state index is -0.609. The molecule has 174 valence electrons. The predicted molar refractivity (Wildman–Crippen MR) is 128 cm³/mol. The Morgan fingerprint density at radius 2 is 1.88 bits per heavy atom. The second kappa shape index (κ2) is 11.9. The van der Waals surface area contributed by atoms with Gasteiger partial charge in [-0.15, -0.1) is 11.8 Å². The van der Waals surface area contributed by atoms with E-state index in [-0.39, 0.29) is 29.9 Å². The molecule has 0 saturated heterocycles. The fourth-order valence-electron chi connectivity index (χ4n) is 3.29. The Bertz CT molecular complexity index is 914. The molecule has 1 N–H and O–H groups in total. The number of halogens is 1. The van der Waals surface area contributed by atoms with Crippen molar-refractivity contribution in [2.75, 3.05) is 12.9 Å². The summed E-state index contributed by atoms with van der Waals surface area (Å²) in [5.41, 5.74) is 1.02. The highest BCUT2D eigenvalue weighted by atomic mass is 32.2. The van der Waals surface area contributed by atoms with Crippen molar-refractivity contribution in [2.45, 2.75) is 58.0 Å². The number of rotatable bonds is 10. The van der Waals surface area contributed by atoms with E-state index >= 15 is 0 Å². The SMILES string of the molecule is CC[C@@H](C(=O)NC(C)(C)C)N(Cc1cccc(OC)c1)C(=O)CSCc1ccccc1F. The Labute approximate surface area is 194 Å². The summed E-state index contributed by atoms with van der Waals surface area (Å²) >= 11 is 1.34. The highest BCUT2D eigenvalue weighted by molar-refractivity contribution is 7.99. The summed E-state index contributed by atoms with van der Waals surface area (Å²) in [7, 11) is 1.59. The summed E-state index contributed by atoms with van der Waals surface area (Å²) in [6, 6.07) is 13.4. The molecule has 0 spiro atoms. The first-order valence-corrected chi connectivity index (χ1v) is 11.9. The topological polar surface area (TPSA) is 58.6 Å². The number of hydrogen-bond acceptors (Lipinski definition) is 4. The first kappa shape index (κ1) is 25.7. The number of carbonyl (C=O) groups excluding carboxylic acids is 2. The van der Waals surface area contributed by atoms with Gasteiger partial charge in [-0.1, -0.05) is 37.3 Å². The zero-order valence-corrected chi connectivity index (χ0v) is 20.3. The molecular formula is C25H33FN2O3S. The molecular weight excluding hydrogens is 427 g/mol. The minimum Gasteiger partial charge on any atom is -0.497 e. The van der Waals surface area contributed by atoms with E-state index in [4.69, 9.17) is 4.74 Å². The highest BCUT2D eigenvalue weighted by Gasteiger charge is 2.30. The largest absolute Gasteiger partial charge is 0.497 e. The molecule has 7 heteroatoms. The number of nitrogens with one attached hydrogen (secondary N) is 1. The molecule has 0 bridgehead atoms. The van der Waals surface area contributed by atoms with E-state index in [2.05, 4.69) is 5.32 Å². The van der Waals surface area contributed by atoms with Crippen LogP contribution in [-0.2, 0) is 21.9 Å². The van der Waals surface area contributed by atoms with Gasteiger partial charge in [-0.05, 0) is 56.5 Å². The first-order chi connectivity index (χ1) is 15.1. The molecule has 0 aliphatic rings. The van der Waals surface area contributed by atoms with Crippen molar-refractivity contribution in [3.63, 3.8) is 0 Å². The van der Waals surface area contributed by atoms with Crippen molar-refractivity contribution in [1.82, 2.24) is 10.2 Å². The van der Waals surface area contributed by atoms with Crippen LogP contribution in [0.5, 0.6) is 5.75 Å². The minimum absolute atomic E-state index is 0.150. The van der Waals surface area contributed by atoms with Crippen molar-refractivity contribution in [2.24, 2.45) is 0 Å². The molecule has 0 aliphatic heterocycles. The number of ether oxygens (including phenoxy) is 1.